The summed E-state index contributed by atoms with van der Waals surface area (Å²) >= 11 is 6.12. The molecule has 0 aliphatic rings. The summed E-state index contributed by atoms with van der Waals surface area (Å²) < 4.78 is 0. The largest absolute Gasteiger partial charge is 0.314 e. The SMILES string of the molecule is CC(C(=O)N(C)c1ccccc1Cl)c1ccccc1. The Morgan fingerprint density at radius 2 is 1.63 bits per heavy atom. The Labute approximate surface area is 118 Å². The van der Waals surface area contributed by atoms with Gasteiger partial charge in [-0.25, -0.2) is 0 Å². The van der Waals surface area contributed by atoms with Gasteiger partial charge in [-0.1, -0.05) is 54.1 Å². The van der Waals surface area contributed by atoms with Crippen molar-refractivity contribution in [2.45, 2.75) is 12.8 Å². The highest BCUT2D eigenvalue weighted by Crippen LogP contribution is 2.27. The van der Waals surface area contributed by atoms with E-state index in [1.165, 1.54) is 0 Å². The molecule has 0 bridgehead atoms. The third kappa shape index (κ3) is 2.96. The standard InChI is InChI=1S/C16H16ClNO/c1-12(13-8-4-3-5-9-13)16(19)18(2)15-11-7-6-10-14(15)17/h3-12H,1-2H3. The summed E-state index contributed by atoms with van der Waals surface area (Å²) in [5.74, 6) is -0.165. The fraction of sp³-hybridized carbons (Fsp3) is 0.188. The molecule has 2 nitrogen and oxygen atoms in total. The number of carbonyl (C=O) groups excluding carboxylic acids is 1. The minimum Gasteiger partial charge on any atom is -0.314 e. The number of hydrogen-bond acceptors (Lipinski definition) is 1. The van der Waals surface area contributed by atoms with Crippen molar-refractivity contribution in [2.24, 2.45) is 0 Å². The minimum atomic E-state index is -0.192. The van der Waals surface area contributed by atoms with Gasteiger partial charge in [0, 0.05) is 7.05 Å². The average Bonchev–Trinajstić information content (AvgIpc) is 2.46. The predicted octanol–water partition coefficient (Wildman–Crippen LogP) is 4.11. The van der Waals surface area contributed by atoms with Crippen LogP contribution < -0.4 is 4.90 Å². The van der Waals surface area contributed by atoms with Gasteiger partial charge < -0.3 is 4.90 Å². The maximum absolute atomic E-state index is 12.5. The predicted molar refractivity (Wildman–Crippen MR) is 79.7 cm³/mol. The summed E-state index contributed by atoms with van der Waals surface area (Å²) in [6, 6.07) is 17.1. The average molecular weight is 274 g/mol. The molecule has 0 spiro atoms. The highest BCUT2D eigenvalue weighted by Gasteiger charge is 2.21. The van der Waals surface area contributed by atoms with Gasteiger partial charge in [-0.05, 0) is 24.6 Å². The van der Waals surface area contributed by atoms with E-state index in [-0.39, 0.29) is 11.8 Å². The molecule has 0 saturated heterocycles. The molecule has 0 fully saturated rings. The molecule has 0 radical (unpaired) electrons. The molecular formula is C16H16ClNO. The Balaban J connectivity index is 2.23. The highest BCUT2D eigenvalue weighted by molar-refractivity contribution is 6.33. The third-order valence-electron chi connectivity index (χ3n) is 3.21. The maximum Gasteiger partial charge on any atom is 0.234 e. The van der Waals surface area contributed by atoms with E-state index >= 15 is 0 Å². The monoisotopic (exact) mass is 273 g/mol. The van der Waals surface area contributed by atoms with Crippen LogP contribution in [0.25, 0.3) is 0 Å². The molecule has 0 saturated carbocycles. The van der Waals surface area contributed by atoms with Gasteiger partial charge in [0.25, 0.3) is 0 Å². The number of para-hydroxylation sites is 1. The highest BCUT2D eigenvalue weighted by atomic mass is 35.5. The normalized spacial score (nSPS) is 11.9. The lowest BCUT2D eigenvalue weighted by Gasteiger charge is -2.22. The first-order chi connectivity index (χ1) is 9.11. The molecule has 1 atom stereocenters. The van der Waals surface area contributed by atoms with Crippen LogP contribution in [0.5, 0.6) is 0 Å². The van der Waals surface area contributed by atoms with Gasteiger partial charge in [0.2, 0.25) is 5.91 Å². The van der Waals surface area contributed by atoms with Crippen LogP contribution in [0.1, 0.15) is 18.4 Å². The molecule has 1 amide bonds. The van der Waals surface area contributed by atoms with Gasteiger partial charge in [0.15, 0.2) is 0 Å². The lowest BCUT2D eigenvalue weighted by atomic mass is 10.00. The van der Waals surface area contributed by atoms with E-state index in [4.69, 9.17) is 11.6 Å². The molecule has 0 aromatic heterocycles. The lowest BCUT2D eigenvalue weighted by molar-refractivity contribution is -0.119. The third-order valence-corrected chi connectivity index (χ3v) is 3.53. The van der Waals surface area contributed by atoms with Crippen molar-refractivity contribution < 1.29 is 4.79 Å². The van der Waals surface area contributed by atoms with Crippen LogP contribution in [0.2, 0.25) is 5.02 Å². The van der Waals surface area contributed by atoms with Crippen LogP contribution in [0.15, 0.2) is 54.6 Å². The molecule has 2 aromatic carbocycles. The molecule has 0 N–H and O–H groups in total. The Bertz CT molecular complexity index is 568. The Morgan fingerprint density at radius 1 is 1.05 bits per heavy atom. The van der Waals surface area contributed by atoms with E-state index in [9.17, 15) is 4.79 Å². The Morgan fingerprint density at radius 3 is 2.26 bits per heavy atom. The number of carbonyl (C=O) groups is 1. The zero-order chi connectivity index (χ0) is 13.8. The van der Waals surface area contributed by atoms with E-state index in [0.29, 0.717) is 5.02 Å². The first kappa shape index (κ1) is 13.6. The van der Waals surface area contributed by atoms with Crippen LogP contribution in [0.4, 0.5) is 5.69 Å². The molecule has 2 rings (SSSR count). The van der Waals surface area contributed by atoms with Gasteiger partial charge in [-0.15, -0.1) is 0 Å². The zero-order valence-electron chi connectivity index (χ0n) is 11.0. The topological polar surface area (TPSA) is 20.3 Å². The van der Waals surface area contributed by atoms with Crippen molar-refractivity contribution in [3.05, 3.63) is 65.2 Å². The molecule has 0 aliphatic heterocycles. The number of anilines is 1. The van der Waals surface area contributed by atoms with Gasteiger partial charge in [-0.2, -0.15) is 0 Å². The zero-order valence-corrected chi connectivity index (χ0v) is 11.8. The van der Waals surface area contributed by atoms with Gasteiger partial charge in [0.1, 0.15) is 0 Å². The van der Waals surface area contributed by atoms with Crippen molar-refractivity contribution >= 4 is 23.2 Å². The lowest BCUT2D eigenvalue weighted by Crippen LogP contribution is -2.30. The number of hydrogen-bond donors (Lipinski definition) is 0. The Hall–Kier alpha value is -1.80. The van der Waals surface area contributed by atoms with E-state index in [2.05, 4.69) is 0 Å². The fourth-order valence-electron chi connectivity index (χ4n) is 2.02. The second kappa shape index (κ2) is 5.89. The summed E-state index contributed by atoms with van der Waals surface area (Å²) in [5, 5.41) is 0.582. The summed E-state index contributed by atoms with van der Waals surface area (Å²) in [6.45, 7) is 1.91. The molecule has 3 heteroatoms. The van der Waals surface area contributed by atoms with Crippen LogP contribution >= 0.6 is 11.6 Å². The minimum absolute atomic E-state index is 0.0271. The molecule has 1 unspecified atom stereocenters. The first-order valence-electron chi connectivity index (χ1n) is 6.18. The summed E-state index contributed by atoms with van der Waals surface area (Å²) in [7, 11) is 1.75. The first-order valence-corrected chi connectivity index (χ1v) is 6.56. The van der Waals surface area contributed by atoms with E-state index in [1.54, 1.807) is 18.0 Å². The quantitative estimate of drug-likeness (QED) is 0.824. The van der Waals surface area contributed by atoms with Crippen molar-refractivity contribution in [1.82, 2.24) is 0 Å². The number of benzene rings is 2. The molecule has 19 heavy (non-hydrogen) atoms. The Kier molecular flexibility index (Phi) is 4.23. The van der Waals surface area contributed by atoms with E-state index < -0.39 is 0 Å². The molecule has 2 aromatic rings. The van der Waals surface area contributed by atoms with Crippen LogP contribution in [0.3, 0.4) is 0 Å². The van der Waals surface area contributed by atoms with E-state index in [0.717, 1.165) is 11.3 Å². The van der Waals surface area contributed by atoms with Crippen LogP contribution in [-0.2, 0) is 4.79 Å². The molecule has 0 heterocycles. The second-order valence-corrected chi connectivity index (χ2v) is 4.89. The molecule has 98 valence electrons. The van der Waals surface area contributed by atoms with Crippen molar-refractivity contribution in [1.29, 1.82) is 0 Å². The number of halogens is 1. The summed E-state index contributed by atoms with van der Waals surface area (Å²) in [4.78, 5) is 14.1. The van der Waals surface area contributed by atoms with Crippen LogP contribution in [-0.4, -0.2) is 13.0 Å². The second-order valence-electron chi connectivity index (χ2n) is 4.48. The summed E-state index contributed by atoms with van der Waals surface area (Å²) in [5.41, 5.74) is 1.74. The van der Waals surface area contributed by atoms with E-state index in [1.807, 2.05) is 55.5 Å². The van der Waals surface area contributed by atoms with Crippen molar-refractivity contribution in [3.8, 4) is 0 Å². The molecular weight excluding hydrogens is 258 g/mol. The van der Waals surface area contributed by atoms with Crippen molar-refractivity contribution in [2.75, 3.05) is 11.9 Å². The number of rotatable bonds is 3. The number of nitrogens with zero attached hydrogens (tertiary/aromatic N) is 1. The van der Waals surface area contributed by atoms with Gasteiger partial charge in [-0.3, -0.25) is 4.79 Å². The smallest absolute Gasteiger partial charge is 0.234 e. The van der Waals surface area contributed by atoms with Gasteiger partial charge in [0.05, 0.1) is 16.6 Å². The van der Waals surface area contributed by atoms with Gasteiger partial charge >= 0.3 is 0 Å². The van der Waals surface area contributed by atoms with Crippen molar-refractivity contribution in [3.63, 3.8) is 0 Å². The van der Waals surface area contributed by atoms with Crippen LogP contribution in [0, 0.1) is 0 Å². The summed E-state index contributed by atoms with van der Waals surface area (Å²) in [6.07, 6.45) is 0. The molecule has 0 aliphatic carbocycles. The fourth-order valence-corrected chi connectivity index (χ4v) is 2.28. The number of amides is 1. The maximum atomic E-state index is 12.5. The number of likely N-dealkylation sites (N-methyl/N-ethyl adjacent to an activating group) is 1.